The van der Waals surface area contributed by atoms with Crippen molar-refractivity contribution in [3.8, 4) is 23.7 Å². The van der Waals surface area contributed by atoms with Crippen molar-refractivity contribution in [2.24, 2.45) is 22.2 Å². The Kier molecular flexibility index (Phi) is 10.4. The van der Waals surface area contributed by atoms with Gasteiger partial charge in [0.1, 0.15) is 35.5 Å². The molecule has 6 heterocycles. The normalized spacial score (nSPS) is 29.0. The fourth-order valence-electron chi connectivity index (χ4n) is 12.7. The maximum atomic E-state index is 15.7. The molecule has 336 valence electrons. The average Bonchev–Trinajstić information content (AvgIpc) is 4.03. The van der Waals surface area contributed by atoms with Crippen molar-refractivity contribution >= 4 is 46.8 Å². The first kappa shape index (κ1) is 43.1. The highest BCUT2D eigenvalue weighted by Crippen LogP contribution is 2.59. The highest BCUT2D eigenvalue weighted by molar-refractivity contribution is 6.31. The minimum absolute atomic E-state index is 0.00249. The fourth-order valence-corrected chi connectivity index (χ4v) is 12.9. The predicted octanol–water partition coefficient (Wildman–Crippen LogP) is 6.50. The van der Waals surface area contributed by atoms with Crippen LogP contribution in [0, 0.1) is 51.2 Å². The van der Waals surface area contributed by atoms with Crippen molar-refractivity contribution in [3.63, 3.8) is 0 Å². The molecule has 5 aliphatic heterocycles. The topological polar surface area (TPSA) is 156 Å². The Bertz CT molecular complexity index is 2680. The van der Waals surface area contributed by atoms with Gasteiger partial charge in [0.15, 0.2) is 0 Å². The van der Waals surface area contributed by atoms with Gasteiger partial charge in [0.05, 0.1) is 45.2 Å². The Morgan fingerprint density at radius 1 is 0.862 bits per heavy atom. The van der Waals surface area contributed by atoms with E-state index in [-0.39, 0.29) is 64.2 Å². The Morgan fingerprint density at radius 3 is 2.29 bits per heavy atom. The van der Waals surface area contributed by atoms with Gasteiger partial charge in [0.25, 0.3) is 17.7 Å². The number of halogens is 2. The molecule has 0 radical (unpaired) electrons. The van der Waals surface area contributed by atoms with Gasteiger partial charge in [0.2, 0.25) is 11.8 Å². The summed E-state index contributed by atoms with van der Waals surface area (Å²) in [5, 5.41) is 11.8. The summed E-state index contributed by atoms with van der Waals surface area (Å²) in [5.41, 5.74) is 1.99. The second-order valence-corrected chi connectivity index (χ2v) is 20.8. The lowest BCUT2D eigenvalue weighted by atomic mass is 9.49. The molecule has 1 spiro atoms. The number of anilines is 1. The molecule has 2 aromatic carbocycles. The number of hydrogen-bond acceptors (Lipinski definition) is 10. The zero-order chi connectivity index (χ0) is 45.7. The number of likely N-dealkylation sites (tertiary alicyclic amines) is 1. The van der Waals surface area contributed by atoms with Gasteiger partial charge < -0.3 is 14.5 Å². The van der Waals surface area contributed by atoms with Crippen LogP contribution in [0.2, 0.25) is 5.02 Å². The number of nitriles is 1. The van der Waals surface area contributed by atoms with Crippen molar-refractivity contribution in [2.45, 2.75) is 110 Å². The molecule has 10 rings (SSSR count). The van der Waals surface area contributed by atoms with Crippen molar-refractivity contribution in [1.29, 1.82) is 5.26 Å². The largest absolute Gasteiger partial charge is 0.489 e. The van der Waals surface area contributed by atoms with Gasteiger partial charge in [-0.05, 0) is 93.8 Å². The third-order valence-electron chi connectivity index (χ3n) is 15.5. The van der Waals surface area contributed by atoms with E-state index in [0.717, 1.165) is 68.3 Å². The minimum Gasteiger partial charge on any atom is -0.489 e. The molecule has 2 aliphatic carbocycles. The SMILES string of the molecule is CC1(C)C(Oc2ccc(C#N)c(Cl)c2)C(C)(C)C1N1Cc2nc(C#CC3CCC(N4CCC5(CCN(c6cc7c(cc6F)C(=O)N(C6CCC(=O)NC6=O)C7=O)C5)C4)CC3)ccc2C1=O. The number of carbonyl (C=O) groups is 5. The summed E-state index contributed by atoms with van der Waals surface area (Å²) in [5.74, 6) is 4.59. The summed E-state index contributed by atoms with van der Waals surface area (Å²) in [7, 11) is 0. The first-order valence-electron chi connectivity index (χ1n) is 22.7. The molecule has 1 N–H and O–H groups in total. The molecular formula is C50H51ClFN7O6. The van der Waals surface area contributed by atoms with Crippen molar-refractivity contribution in [3.05, 3.63) is 86.9 Å². The summed E-state index contributed by atoms with van der Waals surface area (Å²) in [6.07, 6.45) is 5.79. The lowest BCUT2D eigenvalue weighted by Crippen LogP contribution is -2.74. The third-order valence-corrected chi connectivity index (χ3v) is 15.9. The van der Waals surface area contributed by atoms with Crippen LogP contribution in [0.15, 0.2) is 42.5 Å². The summed E-state index contributed by atoms with van der Waals surface area (Å²) < 4.78 is 22.2. The number of aromatic nitrogens is 1. The van der Waals surface area contributed by atoms with Gasteiger partial charge in [-0.25, -0.2) is 9.37 Å². The summed E-state index contributed by atoms with van der Waals surface area (Å²) in [6, 6.07) is 12.7. The number of piperidine rings is 1. The Balaban J connectivity index is 0.731. The van der Waals surface area contributed by atoms with Gasteiger partial charge in [-0.1, -0.05) is 45.2 Å². The molecule has 13 nitrogen and oxygen atoms in total. The number of nitrogens with one attached hydrogen (secondary N) is 1. The van der Waals surface area contributed by atoms with Crippen molar-refractivity contribution in [1.82, 2.24) is 25.0 Å². The second kappa shape index (κ2) is 15.7. The maximum Gasteiger partial charge on any atom is 0.262 e. The number of carbonyl (C=O) groups excluding carboxylic acids is 5. The van der Waals surface area contributed by atoms with Crippen LogP contribution in [-0.4, -0.2) is 99.6 Å². The van der Waals surface area contributed by atoms with Crippen molar-refractivity contribution < 1.29 is 33.1 Å². The van der Waals surface area contributed by atoms with E-state index < -0.39 is 35.5 Å². The zero-order valence-electron chi connectivity index (χ0n) is 37.0. The summed E-state index contributed by atoms with van der Waals surface area (Å²) in [6.45, 7) is 12.1. The van der Waals surface area contributed by atoms with E-state index in [4.69, 9.17) is 21.3 Å². The van der Waals surface area contributed by atoms with E-state index in [2.05, 4.69) is 55.8 Å². The second-order valence-electron chi connectivity index (χ2n) is 20.4. The number of nitrogens with zero attached hydrogens (tertiary/aromatic N) is 6. The maximum absolute atomic E-state index is 15.7. The standard InChI is InChI=1S/C50H51ClFN7O6/c1-48(2)46(49(3,4)47(48)65-32-13-8-29(24-53)36(51)21-32)58-25-38-33(43(58)62)14-10-30(54-38)9-5-28-6-11-31(12-7-28)56-19-17-50(26-56)18-20-57(27-50)40-23-35-34(22-37(40)52)44(63)59(45(35)64)39-15-16-41(60)55-42(39)61/h8,10,13-14,21-23,28,31,39,46-47H,6-7,11-12,15-20,25-27H2,1-4H3,(H,55,60,61). The molecule has 3 saturated heterocycles. The lowest BCUT2D eigenvalue weighted by molar-refractivity contribution is -0.199. The van der Waals surface area contributed by atoms with E-state index in [1.54, 1.807) is 18.2 Å². The van der Waals surface area contributed by atoms with Crippen LogP contribution in [0.1, 0.15) is 127 Å². The molecule has 7 aliphatic rings. The van der Waals surface area contributed by atoms with E-state index in [9.17, 15) is 29.2 Å². The number of pyridine rings is 1. The van der Waals surface area contributed by atoms with Gasteiger partial charge in [-0.3, -0.25) is 39.1 Å². The van der Waals surface area contributed by atoms with Crippen LogP contribution in [0.25, 0.3) is 0 Å². The lowest BCUT2D eigenvalue weighted by Gasteiger charge is -2.65. The number of amides is 5. The molecule has 15 heteroatoms. The van der Waals surface area contributed by atoms with Gasteiger partial charge >= 0.3 is 0 Å². The predicted molar refractivity (Wildman–Crippen MR) is 237 cm³/mol. The highest BCUT2D eigenvalue weighted by atomic mass is 35.5. The molecule has 2 unspecified atom stereocenters. The molecule has 2 atom stereocenters. The molecule has 5 fully saturated rings. The highest BCUT2D eigenvalue weighted by Gasteiger charge is 2.67. The van der Waals surface area contributed by atoms with Crippen LogP contribution < -0.4 is 15.0 Å². The molecule has 0 bridgehead atoms. The first-order chi connectivity index (χ1) is 31.0. The zero-order valence-corrected chi connectivity index (χ0v) is 37.8. The van der Waals surface area contributed by atoms with E-state index in [1.165, 1.54) is 6.07 Å². The Morgan fingerprint density at radius 2 is 1.58 bits per heavy atom. The summed E-state index contributed by atoms with van der Waals surface area (Å²) >= 11 is 6.30. The molecule has 3 aromatic rings. The first-order valence-corrected chi connectivity index (χ1v) is 23.1. The molecule has 1 aromatic heterocycles. The van der Waals surface area contributed by atoms with E-state index in [1.807, 2.05) is 21.9 Å². The number of hydrogen-bond donors (Lipinski definition) is 1. The number of rotatable bonds is 6. The van der Waals surface area contributed by atoms with E-state index >= 15 is 4.39 Å². The van der Waals surface area contributed by atoms with Gasteiger partial charge in [-0.15, -0.1) is 0 Å². The smallest absolute Gasteiger partial charge is 0.262 e. The molecule has 2 saturated carbocycles. The summed E-state index contributed by atoms with van der Waals surface area (Å²) in [4.78, 5) is 77.0. The molecule has 5 amide bonds. The molecule has 65 heavy (non-hydrogen) atoms. The van der Waals surface area contributed by atoms with E-state index in [0.29, 0.717) is 59.0 Å². The van der Waals surface area contributed by atoms with Crippen molar-refractivity contribution in [2.75, 3.05) is 31.1 Å². The minimum atomic E-state index is -1.10. The Labute approximate surface area is 382 Å². The van der Waals surface area contributed by atoms with Crippen LogP contribution in [-0.2, 0) is 16.1 Å². The Hall–Kier alpha value is -5.83. The van der Waals surface area contributed by atoms with Crippen LogP contribution in [0.4, 0.5) is 10.1 Å². The van der Waals surface area contributed by atoms with Crippen LogP contribution in [0.5, 0.6) is 5.75 Å². The van der Waals surface area contributed by atoms with Crippen LogP contribution in [0.3, 0.4) is 0 Å². The van der Waals surface area contributed by atoms with Gasteiger partial charge in [-0.2, -0.15) is 5.26 Å². The van der Waals surface area contributed by atoms with Crippen LogP contribution >= 0.6 is 11.6 Å². The number of imide groups is 2. The monoisotopic (exact) mass is 899 g/mol. The molecular weight excluding hydrogens is 849 g/mol. The number of fused-ring (bicyclic) bond motifs is 2. The van der Waals surface area contributed by atoms with Gasteiger partial charge in [0, 0.05) is 66.4 Å². The number of benzene rings is 2. The average molecular weight is 900 g/mol. The number of ether oxygens (including phenoxy) is 1. The quantitative estimate of drug-likeness (QED) is 0.214. The third kappa shape index (κ3) is 7.15. The fraction of sp³-hybridized carbons (Fsp3) is 0.500.